The van der Waals surface area contributed by atoms with E-state index in [-0.39, 0.29) is 0 Å². The summed E-state index contributed by atoms with van der Waals surface area (Å²) in [6.07, 6.45) is 3.70. The Labute approximate surface area is 214 Å². The number of hydrogen-bond acceptors (Lipinski definition) is 2. The lowest BCUT2D eigenvalue weighted by molar-refractivity contribution is -0.337. The van der Waals surface area contributed by atoms with Crippen molar-refractivity contribution in [2.24, 2.45) is 0 Å². The number of aliphatic hydroxyl groups is 1. The Kier molecular flexibility index (Phi) is 15.3. The highest BCUT2D eigenvalue weighted by molar-refractivity contribution is 6.30. The molecule has 3 rings (SSSR count). The van der Waals surface area contributed by atoms with E-state index in [2.05, 4.69) is 4.89 Å². The molecule has 0 unspecified atom stereocenters. The fourth-order valence-corrected chi connectivity index (χ4v) is 3.00. The first-order valence-corrected chi connectivity index (χ1v) is 12.2. The van der Waals surface area contributed by atoms with Crippen molar-refractivity contribution >= 4 is 28.8 Å². The van der Waals surface area contributed by atoms with Crippen LogP contribution in [-0.2, 0) is 6.61 Å². The quantitative estimate of drug-likeness (QED) is 0.133. The third kappa shape index (κ3) is 11.4. The van der Waals surface area contributed by atoms with Crippen LogP contribution in [0.4, 0.5) is 0 Å². The van der Waals surface area contributed by atoms with Crippen LogP contribution in [0.15, 0.2) is 90.5 Å². The molecular formula is C29H35Cl2O3+. The molecule has 0 radical (unpaired) electrons. The van der Waals surface area contributed by atoms with Crippen molar-refractivity contribution in [3.05, 3.63) is 112 Å². The van der Waals surface area contributed by atoms with Crippen LogP contribution >= 0.6 is 23.2 Å². The molecule has 0 fully saturated rings. The SMILES string of the molecule is C/C(=C\C=C\Cl)c1cc(Cl)ccc1OCc1ccccc1.CC.CC[OH+]Oc1cccc(C)c1. The summed E-state index contributed by atoms with van der Waals surface area (Å²) in [5.74, 6) is 1.62. The van der Waals surface area contributed by atoms with Gasteiger partial charge in [-0.25, -0.2) is 9.78 Å². The third-order valence-corrected chi connectivity index (χ3v) is 4.69. The van der Waals surface area contributed by atoms with Gasteiger partial charge in [0.2, 0.25) is 5.75 Å². The van der Waals surface area contributed by atoms with Crippen LogP contribution in [0.5, 0.6) is 11.5 Å². The fourth-order valence-electron chi connectivity index (χ4n) is 2.75. The summed E-state index contributed by atoms with van der Waals surface area (Å²) in [7, 11) is 0. The van der Waals surface area contributed by atoms with Gasteiger partial charge in [0.05, 0.1) is 0 Å². The normalized spacial score (nSPS) is 10.6. The largest absolute Gasteiger partial charge is 0.488 e. The van der Waals surface area contributed by atoms with E-state index in [1.165, 1.54) is 11.1 Å². The number of aryl methyl sites for hydroxylation is 1. The monoisotopic (exact) mass is 501 g/mol. The van der Waals surface area contributed by atoms with E-state index in [4.69, 9.17) is 32.8 Å². The van der Waals surface area contributed by atoms with Crippen LogP contribution in [0.2, 0.25) is 5.02 Å². The summed E-state index contributed by atoms with van der Waals surface area (Å²) in [6, 6.07) is 23.5. The van der Waals surface area contributed by atoms with Gasteiger partial charge in [-0.05, 0) is 60.9 Å². The van der Waals surface area contributed by atoms with Crippen molar-refractivity contribution in [3.8, 4) is 11.5 Å². The molecule has 3 aromatic rings. The first-order chi connectivity index (χ1) is 16.5. The molecule has 0 spiro atoms. The van der Waals surface area contributed by atoms with Gasteiger partial charge < -0.3 is 4.74 Å². The lowest BCUT2D eigenvalue weighted by Crippen LogP contribution is -2.01. The summed E-state index contributed by atoms with van der Waals surface area (Å²) >= 11 is 11.6. The fraction of sp³-hybridized carbons (Fsp3) is 0.241. The van der Waals surface area contributed by atoms with Gasteiger partial charge in [0.25, 0.3) is 0 Å². The van der Waals surface area contributed by atoms with Crippen molar-refractivity contribution < 1.29 is 14.5 Å². The minimum atomic E-state index is 0.522. The molecule has 3 nitrogen and oxygen atoms in total. The molecule has 3 aromatic carbocycles. The Hall–Kier alpha value is -2.72. The van der Waals surface area contributed by atoms with E-state index in [1.807, 2.05) is 113 Å². The number of allylic oxidation sites excluding steroid dienone is 3. The lowest BCUT2D eigenvalue weighted by atomic mass is 10.1. The van der Waals surface area contributed by atoms with Crippen LogP contribution in [0, 0.1) is 6.92 Å². The first-order valence-electron chi connectivity index (χ1n) is 11.3. The van der Waals surface area contributed by atoms with Gasteiger partial charge in [0.15, 0.2) is 6.61 Å². The third-order valence-electron chi connectivity index (χ3n) is 4.31. The Balaban J connectivity index is 0.000000374. The molecule has 0 heterocycles. The number of benzene rings is 3. The van der Waals surface area contributed by atoms with Crippen molar-refractivity contribution in [2.75, 3.05) is 6.61 Å². The van der Waals surface area contributed by atoms with E-state index in [0.29, 0.717) is 18.2 Å². The molecule has 0 amide bonds. The van der Waals surface area contributed by atoms with Crippen molar-refractivity contribution in [1.82, 2.24) is 0 Å². The van der Waals surface area contributed by atoms with E-state index in [0.717, 1.165) is 28.2 Å². The Bertz CT molecular complexity index is 1010. The van der Waals surface area contributed by atoms with Crippen molar-refractivity contribution in [3.63, 3.8) is 0 Å². The van der Waals surface area contributed by atoms with E-state index in [1.54, 1.807) is 6.08 Å². The first kappa shape index (κ1) is 29.3. The van der Waals surface area contributed by atoms with Gasteiger partial charge in [-0.2, -0.15) is 0 Å². The van der Waals surface area contributed by atoms with Gasteiger partial charge >= 0.3 is 0 Å². The number of hydrogen-bond donors (Lipinski definition) is 0. The number of halogens is 2. The molecule has 182 valence electrons. The minimum absolute atomic E-state index is 0.522. The average molecular weight is 503 g/mol. The van der Waals surface area contributed by atoms with Gasteiger partial charge in [-0.15, -0.1) is 0 Å². The Morgan fingerprint density at radius 2 is 1.71 bits per heavy atom. The minimum Gasteiger partial charge on any atom is -0.488 e. The zero-order chi connectivity index (χ0) is 25.2. The Morgan fingerprint density at radius 1 is 0.971 bits per heavy atom. The highest BCUT2D eigenvalue weighted by Crippen LogP contribution is 2.29. The van der Waals surface area contributed by atoms with Crippen LogP contribution in [0.25, 0.3) is 5.57 Å². The summed E-state index contributed by atoms with van der Waals surface area (Å²) < 4.78 is 5.92. The smallest absolute Gasteiger partial charge is 0.213 e. The van der Waals surface area contributed by atoms with Crippen LogP contribution in [-0.4, -0.2) is 11.5 Å². The summed E-state index contributed by atoms with van der Waals surface area (Å²) in [5, 5.41) is 0.680. The molecule has 0 bridgehead atoms. The maximum absolute atomic E-state index is 6.09. The molecule has 0 saturated heterocycles. The van der Waals surface area contributed by atoms with Crippen LogP contribution < -0.4 is 9.62 Å². The molecular weight excluding hydrogens is 467 g/mol. The van der Waals surface area contributed by atoms with Crippen LogP contribution in [0.1, 0.15) is 44.4 Å². The van der Waals surface area contributed by atoms with Gasteiger partial charge in [0, 0.05) is 23.0 Å². The molecule has 0 aliphatic rings. The molecule has 0 atom stereocenters. The topological polar surface area (TPSA) is 31.3 Å². The van der Waals surface area contributed by atoms with E-state index < -0.39 is 0 Å². The maximum atomic E-state index is 6.09. The summed E-state index contributed by atoms with van der Waals surface area (Å²) in [5.41, 5.74) is 5.79. The second kappa shape index (κ2) is 17.7. The summed E-state index contributed by atoms with van der Waals surface area (Å²) in [4.78, 5) is 8.84. The van der Waals surface area contributed by atoms with Crippen molar-refractivity contribution in [2.45, 2.75) is 41.2 Å². The van der Waals surface area contributed by atoms with Gasteiger partial charge in [-0.3, -0.25) is 0 Å². The number of ether oxygens (including phenoxy) is 1. The molecule has 0 aliphatic carbocycles. The molecule has 34 heavy (non-hydrogen) atoms. The second-order valence-electron chi connectivity index (χ2n) is 6.94. The lowest BCUT2D eigenvalue weighted by Gasteiger charge is -2.12. The molecule has 5 heteroatoms. The number of rotatable bonds is 8. The molecule has 0 aromatic heterocycles. The zero-order valence-electron chi connectivity index (χ0n) is 20.6. The van der Waals surface area contributed by atoms with E-state index in [9.17, 15) is 0 Å². The van der Waals surface area contributed by atoms with Crippen molar-refractivity contribution in [1.29, 1.82) is 0 Å². The van der Waals surface area contributed by atoms with Crippen LogP contribution in [0.3, 0.4) is 0 Å². The van der Waals surface area contributed by atoms with Gasteiger partial charge in [0.1, 0.15) is 12.4 Å². The van der Waals surface area contributed by atoms with Gasteiger partial charge in [-0.1, -0.05) is 91.7 Å². The highest BCUT2D eigenvalue weighted by atomic mass is 35.5. The zero-order valence-corrected chi connectivity index (χ0v) is 22.1. The predicted octanol–water partition coefficient (Wildman–Crippen LogP) is 8.94. The second-order valence-corrected chi connectivity index (χ2v) is 7.62. The maximum Gasteiger partial charge on any atom is 0.213 e. The molecule has 0 aliphatic heterocycles. The Morgan fingerprint density at radius 3 is 2.35 bits per heavy atom. The standard InChI is InChI=1S/C18H16Cl2O.C9H12O2.C2H6/c1-14(6-5-11-19)17-12-16(20)9-10-18(17)21-13-15-7-3-2-4-8-15;1-3-10-11-9-6-4-5-8(2)7-9;1-2/h2-12H,13H2,1H3;4-7H,3H2,1-2H3;1-2H3/p+1/b11-5+,14-6+;;. The van der Waals surface area contributed by atoms with E-state index >= 15 is 0 Å². The molecule has 0 saturated carbocycles. The predicted molar refractivity (Wildman–Crippen MR) is 147 cm³/mol. The molecule has 1 N–H and O–H groups in total. The summed E-state index contributed by atoms with van der Waals surface area (Å²) in [6.45, 7) is 11.2. The average Bonchev–Trinajstić information content (AvgIpc) is 2.87. The highest BCUT2D eigenvalue weighted by Gasteiger charge is 2.07.